The molecule has 2 atom stereocenters. The molecule has 3 aromatic rings. The van der Waals surface area contributed by atoms with Crippen molar-refractivity contribution in [2.45, 2.75) is 31.9 Å². The van der Waals surface area contributed by atoms with Crippen LogP contribution in [0, 0.1) is 13.8 Å². The van der Waals surface area contributed by atoms with Crippen LogP contribution in [0.5, 0.6) is 0 Å². The predicted octanol–water partition coefficient (Wildman–Crippen LogP) is 3.24. The van der Waals surface area contributed by atoms with Gasteiger partial charge in [0.05, 0.1) is 5.69 Å². The number of halogens is 3. The van der Waals surface area contributed by atoms with E-state index in [1.807, 2.05) is 0 Å². The number of nitrogens with zero attached hydrogens (tertiary/aromatic N) is 3. The highest BCUT2D eigenvalue weighted by molar-refractivity contribution is 5.94. The number of aryl methyl sites for hydroxylation is 2. The van der Waals surface area contributed by atoms with E-state index in [2.05, 4.69) is 5.16 Å². The number of carbonyl (C=O) groups excluding carboxylic acids is 2. The fraction of sp³-hybridized carbons (Fsp3) is 0.261. The van der Waals surface area contributed by atoms with Crippen molar-refractivity contribution in [3.05, 3.63) is 77.2 Å². The van der Waals surface area contributed by atoms with Crippen molar-refractivity contribution in [3.8, 4) is 11.1 Å². The van der Waals surface area contributed by atoms with E-state index < -0.39 is 29.9 Å². The first-order chi connectivity index (χ1) is 16.0. The first-order valence-electron chi connectivity index (χ1n) is 10.2. The molecule has 1 amide bonds. The van der Waals surface area contributed by atoms with Crippen LogP contribution in [0.4, 0.5) is 13.2 Å². The van der Waals surface area contributed by atoms with Crippen molar-refractivity contribution in [1.29, 1.82) is 0 Å². The Hall–Kier alpha value is -3.70. The lowest BCUT2D eigenvalue weighted by molar-refractivity contribution is -0.260. The average molecular weight is 474 g/mol. The number of amides is 1. The number of carbonyl (C=O) groups is 2. The van der Waals surface area contributed by atoms with Gasteiger partial charge >= 0.3 is 12.1 Å². The zero-order valence-corrected chi connectivity index (χ0v) is 18.5. The van der Waals surface area contributed by atoms with E-state index in [9.17, 15) is 22.8 Å². The van der Waals surface area contributed by atoms with Gasteiger partial charge in [-0.25, -0.2) is 4.79 Å². The Morgan fingerprint density at radius 2 is 1.76 bits per heavy atom. The molecule has 2 aromatic carbocycles. The van der Waals surface area contributed by atoms with Crippen molar-refractivity contribution < 1.29 is 32.1 Å². The summed E-state index contributed by atoms with van der Waals surface area (Å²) in [4.78, 5) is 31.4. The van der Waals surface area contributed by atoms with Crippen LogP contribution in [-0.4, -0.2) is 46.5 Å². The SMILES string of the molecule is Cc1noc(C)c1-c1cccc(C2(c3ccccc3)C(=O)N(C)C(N)N2OC(=O)C(F)(F)F)c1. The zero-order valence-electron chi connectivity index (χ0n) is 18.5. The Bertz CT molecular complexity index is 1230. The van der Waals surface area contributed by atoms with Crippen LogP contribution < -0.4 is 5.73 Å². The topological polar surface area (TPSA) is 102 Å². The summed E-state index contributed by atoms with van der Waals surface area (Å²) in [6.45, 7) is 3.46. The summed E-state index contributed by atoms with van der Waals surface area (Å²) < 4.78 is 44.7. The lowest BCUT2D eigenvalue weighted by Gasteiger charge is -2.36. The zero-order chi connectivity index (χ0) is 24.8. The van der Waals surface area contributed by atoms with Gasteiger partial charge in [-0.05, 0) is 36.6 Å². The Balaban J connectivity index is 1.99. The van der Waals surface area contributed by atoms with Crippen molar-refractivity contribution in [2.24, 2.45) is 5.73 Å². The fourth-order valence-electron chi connectivity index (χ4n) is 4.23. The second-order valence-electron chi connectivity index (χ2n) is 7.89. The fourth-order valence-corrected chi connectivity index (χ4v) is 4.23. The van der Waals surface area contributed by atoms with Crippen LogP contribution in [0.2, 0.25) is 0 Å². The molecule has 0 bridgehead atoms. The second-order valence-corrected chi connectivity index (χ2v) is 7.89. The molecule has 0 saturated carbocycles. The van der Waals surface area contributed by atoms with E-state index in [0.29, 0.717) is 27.6 Å². The number of benzene rings is 2. The first-order valence-corrected chi connectivity index (χ1v) is 10.2. The summed E-state index contributed by atoms with van der Waals surface area (Å²) in [6.07, 6.45) is -6.79. The molecule has 1 aromatic heterocycles. The number of nitrogens with two attached hydrogens (primary N) is 1. The van der Waals surface area contributed by atoms with Gasteiger partial charge < -0.3 is 14.3 Å². The molecule has 2 N–H and O–H groups in total. The molecule has 4 rings (SSSR count). The van der Waals surface area contributed by atoms with Gasteiger partial charge in [-0.1, -0.05) is 58.8 Å². The van der Waals surface area contributed by atoms with E-state index in [4.69, 9.17) is 15.1 Å². The summed E-state index contributed by atoms with van der Waals surface area (Å²) in [5.41, 5.74) is 6.51. The average Bonchev–Trinajstić information content (AvgIpc) is 3.23. The van der Waals surface area contributed by atoms with Crippen LogP contribution in [0.15, 0.2) is 59.1 Å². The molecule has 2 heterocycles. The molecule has 0 spiro atoms. The van der Waals surface area contributed by atoms with Gasteiger partial charge in [-0.2, -0.15) is 13.2 Å². The number of alkyl halides is 3. The lowest BCUT2D eigenvalue weighted by atomic mass is 9.81. The van der Waals surface area contributed by atoms with E-state index >= 15 is 0 Å². The summed E-state index contributed by atoms with van der Waals surface area (Å²) in [7, 11) is 1.32. The number of hydroxylamine groups is 2. The van der Waals surface area contributed by atoms with Gasteiger partial charge in [0.15, 0.2) is 11.8 Å². The first kappa shape index (κ1) is 23.5. The number of hydrogen-bond donors (Lipinski definition) is 1. The maximum absolute atomic E-state index is 13.7. The minimum atomic E-state index is -5.30. The Labute approximate surface area is 192 Å². The standard InChI is InChI=1S/C23H21F3N4O4/c1-13-18(14(2)33-28-13)15-8-7-11-17(12-15)22(16-9-5-4-6-10-16)19(31)29(3)21(27)30(22)34-20(32)23(24,25)26/h4-12,21H,27H2,1-3H3. The quantitative estimate of drug-likeness (QED) is 0.619. The Kier molecular flexibility index (Phi) is 5.70. The summed E-state index contributed by atoms with van der Waals surface area (Å²) in [5, 5.41) is 4.54. The van der Waals surface area contributed by atoms with Gasteiger partial charge in [-0.3, -0.25) is 10.5 Å². The number of aromatic nitrogens is 1. The van der Waals surface area contributed by atoms with Gasteiger partial charge in [-0.15, -0.1) is 0 Å². The smallest absolute Gasteiger partial charge is 0.361 e. The lowest BCUT2D eigenvalue weighted by Crippen LogP contribution is -2.53. The molecule has 8 nitrogen and oxygen atoms in total. The summed E-state index contributed by atoms with van der Waals surface area (Å²) >= 11 is 0. The van der Waals surface area contributed by atoms with Gasteiger partial charge in [0, 0.05) is 12.6 Å². The molecule has 1 aliphatic heterocycles. The molecule has 0 aliphatic carbocycles. The second kappa shape index (κ2) is 8.26. The molecule has 178 valence electrons. The van der Waals surface area contributed by atoms with E-state index in [-0.39, 0.29) is 11.1 Å². The monoisotopic (exact) mass is 474 g/mol. The van der Waals surface area contributed by atoms with Crippen molar-refractivity contribution in [1.82, 2.24) is 15.1 Å². The predicted molar refractivity (Wildman–Crippen MR) is 113 cm³/mol. The highest BCUT2D eigenvalue weighted by Gasteiger charge is 2.62. The molecular formula is C23H21F3N4O4. The molecule has 11 heteroatoms. The number of rotatable bonds is 4. The van der Waals surface area contributed by atoms with Gasteiger partial charge in [0.1, 0.15) is 5.76 Å². The van der Waals surface area contributed by atoms with Gasteiger partial charge in [0.25, 0.3) is 5.91 Å². The number of likely N-dealkylation sites (N-methyl/N-ethyl adjacent to an activating group) is 1. The largest absolute Gasteiger partial charge is 0.492 e. The van der Waals surface area contributed by atoms with Crippen LogP contribution in [0.3, 0.4) is 0 Å². The maximum atomic E-state index is 13.7. The highest BCUT2D eigenvalue weighted by Crippen LogP contribution is 2.45. The van der Waals surface area contributed by atoms with Crippen LogP contribution in [0.1, 0.15) is 22.6 Å². The molecule has 1 aliphatic rings. The molecule has 1 fully saturated rings. The molecule has 34 heavy (non-hydrogen) atoms. The molecule has 2 unspecified atom stereocenters. The van der Waals surface area contributed by atoms with E-state index in [1.54, 1.807) is 68.4 Å². The Morgan fingerprint density at radius 1 is 1.12 bits per heavy atom. The van der Waals surface area contributed by atoms with Gasteiger partial charge in [0.2, 0.25) is 0 Å². The third-order valence-electron chi connectivity index (χ3n) is 5.80. The van der Waals surface area contributed by atoms with E-state index in [1.165, 1.54) is 7.05 Å². The van der Waals surface area contributed by atoms with Crippen molar-refractivity contribution >= 4 is 11.9 Å². The van der Waals surface area contributed by atoms with E-state index in [0.717, 1.165) is 4.90 Å². The highest BCUT2D eigenvalue weighted by atomic mass is 19.4. The van der Waals surface area contributed by atoms with Crippen LogP contribution >= 0.6 is 0 Å². The van der Waals surface area contributed by atoms with Crippen LogP contribution in [0.25, 0.3) is 11.1 Å². The molecular weight excluding hydrogens is 453 g/mol. The number of hydrogen-bond acceptors (Lipinski definition) is 7. The van der Waals surface area contributed by atoms with Crippen molar-refractivity contribution in [2.75, 3.05) is 7.05 Å². The summed E-state index contributed by atoms with van der Waals surface area (Å²) in [5.74, 6) is -2.64. The normalized spacial score (nSPS) is 21.2. The third kappa shape index (κ3) is 3.53. The minimum absolute atomic E-state index is 0.246. The third-order valence-corrected chi connectivity index (χ3v) is 5.80. The summed E-state index contributed by atoms with van der Waals surface area (Å²) in [6, 6.07) is 14.6. The maximum Gasteiger partial charge on any atom is 0.492 e. The molecule has 0 radical (unpaired) electrons. The minimum Gasteiger partial charge on any atom is -0.361 e. The van der Waals surface area contributed by atoms with Crippen LogP contribution in [-0.2, 0) is 20.0 Å². The molecule has 1 saturated heterocycles. The Morgan fingerprint density at radius 3 is 2.35 bits per heavy atom. The van der Waals surface area contributed by atoms with Crippen molar-refractivity contribution in [3.63, 3.8) is 0 Å².